The molecule has 1 aromatic carbocycles. The van der Waals surface area contributed by atoms with Crippen LogP contribution in [0.1, 0.15) is 44.1 Å². The van der Waals surface area contributed by atoms with Crippen LogP contribution in [0.3, 0.4) is 0 Å². The highest BCUT2D eigenvalue weighted by Gasteiger charge is 2.22. The third-order valence-electron chi connectivity index (χ3n) is 4.95. The molecule has 0 spiro atoms. The normalized spacial score (nSPS) is 21.2. The van der Waals surface area contributed by atoms with Crippen molar-refractivity contribution in [3.8, 4) is 11.5 Å². The summed E-state index contributed by atoms with van der Waals surface area (Å²) in [5, 5.41) is 12.6. The lowest BCUT2D eigenvalue weighted by Crippen LogP contribution is -2.46. The van der Waals surface area contributed by atoms with Crippen molar-refractivity contribution in [3.63, 3.8) is 0 Å². The van der Waals surface area contributed by atoms with Crippen LogP contribution in [0.2, 0.25) is 0 Å². The van der Waals surface area contributed by atoms with Crippen molar-refractivity contribution in [1.29, 1.82) is 0 Å². The van der Waals surface area contributed by atoms with Crippen molar-refractivity contribution in [2.45, 2.75) is 57.3 Å². The number of piperidine rings is 1. The number of hydrogen-bond acceptors (Lipinski definition) is 4. The van der Waals surface area contributed by atoms with E-state index in [9.17, 15) is 9.90 Å². The number of rotatable bonds is 5. The maximum atomic E-state index is 12.3. The molecule has 0 unspecified atom stereocenters. The van der Waals surface area contributed by atoms with Gasteiger partial charge < -0.3 is 24.8 Å². The van der Waals surface area contributed by atoms with E-state index in [2.05, 4.69) is 5.32 Å². The zero-order chi connectivity index (χ0) is 17.6. The number of nitrogens with zero attached hydrogens (tertiary/aromatic N) is 1. The number of urea groups is 1. The summed E-state index contributed by atoms with van der Waals surface area (Å²) >= 11 is 0. The van der Waals surface area contributed by atoms with E-state index in [-0.39, 0.29) is 12.1 Å². The molecule has 1 aromatic rings. The van der Waals surface area contributed by atoms with Crippen LogP contribution in [-0.4, -0.2) is 48.4 Å². The molecule has 6 nitrogen and oxygen atoms in total. The molecule has 0 aromatic heterocycles. The maximum absolute atomic E-state index is 12.3. The fourth-order valence-corrected chi connectivity index (χ4v) is 3.54. The van der Waals surface area contributed by atoms with E-state index in [1.807, 2.05) is 18.2 Å². The first kappa shape index (κ1) is 17.9. The molecule has 0 bridgehead atoms. The van der Waals surface area contributed by atoms with Gasteiger partial charge >= 0.3 is 6.03 Å². The molecule has 3 rings (SSSR count). The van der Waals surface area contributed by atoms with E-state index in [0.717, 1.165) is 42.7 Å². The summed E-state index contributed by atoms with van der Waals surface area (Å²) in [5.41, 5.74) is 0.972. The summed E-state index contributed by atoms with van der Waals surface area (Å²) < 4.78 is 11.5. The second-order valence-corrected chi connectivity index (χ2v) is 6.91. The van der Waals surface area contributed by atoms with Crippen LogP contribution < -0.4 is 14.8 Å². The van der Waals surface area contributed by atoms with Gasteiger partial charge in [0, 0.05) is 19.6 Å². The predicted molar refractivity (Wildman–Crippen MR) is 94.9 cm³/mol. The molecule has 2 N–H and O–H groups in total. The van der Waals surface area contributed by atoms with Gasteiger partial charge in [-0.2, -0.15) is 0 Å². The van der Waals surface area contributed by atoms with Gasteiger partial charge in [-0.05, 0) is 56.2 Å². The van der Waals surface area contributed by atoms with E-state index in [1.165, 1.54) is 12.8 Å². The fraction of sp³-hybridized carbons (Fsp3) is 0.632. The molecule has 0 radical (unpaired) electrons. The number of ether oxygens (including phenoxy) is 2. The monoisotopic (exact) mass is 348 g/mol. The third kappa shape index (κ3) is 4.78. The van der Waals surface area contributed by atoms with Gasteiger partial charge in [0.25, 0.3) is 0 Å². The van der Waals surface area contributed by atoms with Gasteiger partial charge in [-0.1, -0.05) is 6.07 Å². The number of amides is 2. The van der Waals surface area contributed by atoms with Crippen molar-refractivity contribution in [3.05, 3.63) is 23.8 Å². The summed E-state index contributed by atoms with van der Waals surface area (Å²) in [5.74, 6) is 1.47. The molecule has 6 heteroatoms. The second-order valence-electron chi connectivity index (χ2n) is 6.91. The van der Waals surface area contributed by atoms with Crippen molar-refractivity contribution in [2.24, 2.45) is 0 Å². The van der Waals surface area contributed by atoms with Gasteiger partial charge in [0.2, 0.25) is 0 Å². The molecular formula is C19H28N2O4. The number of carbonyl (C=O) groups is 1. The third-order valence-corrected chi connectivity index (χ3v) is 4.95. The molecule has 1 saturated heterocycles. The highest BCUT2D eigenvalue weighted by Crippen LogP contribution is 2.32. The number of β-amino-alcohol motifs (C(OH)–C–C–N with tert-alkyl or cyclic N) is 1. The van der Waals surface area contributed by atoms with E-state index >= 15 is 0 Å². The summed E-state index contributed by atoms with van der Waals surface area (Å²) in [6.45, 7) is 1.53. The van der Waals surface area contributed by atoms with Gasteiger partial charge in [-0.3, -0.25) is 0 Å². The molecule has 1 heterocycles. The molecule has 1 aliphatic carbocycles. The highest BCUT2D eigenvalue weighted by atomic mass is 16.5. The van der Waals surface area contributed by atoms with Crippen molar-refractivity contribution < 1.29 is 19.4 Å². The largest absolute Gasteiger partial charge is 0.493 e. The first-order valence-corrected chi connectivity index (χ1v) is 9.20. The number of likely N-dealkylation sites (tertiary alicyclic amines) is 1. The summed E-state index contributed by atoms with van der Waals surface area (Å²) in [7, 11) is 1.64. The number of aliphatic hydroxyl groups is 1. The van der Waals surface area contributed by atoms with E-state index in [4.69, 9.17) is 9.47 Å². The van der Waals surface area contributed by atoms with Crippen LogP contribution in [0, 0.1) is 0 Å². The molecule has 2 amide bonds. The molecule has 2 aliphatic rings. The molecule has 138 valence electrons. The minimum atomic E-state index is -0.410. The first-order chi connectivity index (χ1) is 12.2. The van der Waals surface area contributed by atoms with Gasteiger partial charge in [-0.15, -0.1) is 0 Å². The number of methoxy groups -OCH3 is 1. The van der Waals surface area contributed by atoms with E-state index in [0.29, 0.717) is 19.6 Å². The standard InChI is InChI=1S/C19H28N2O4/c1-24-17-9-8-14(11-18(17)25-16-6-2-3-7-16)12-20-19(23)21-10-4-5-15(22)13-21/h8-9,11,15-16,22H,2-7,10,12-13H2,1H3,(H,20,23)/t15-/m0/s1. The summed E-state index contributed by atoms with van der Waals surface area (Å²) in [6, 6.07) is 5.64. The average molecular weight is 348 g/mol. The van der Waals surface area contributed by atoms with Crippen molar-refractivity contribution in [2.75, 3.05) is 20.2 Å². The summed E-state index contributed by atoms with van der Waals surface area (Å²) in [6.07, 6.45) is 6.05. The Balaban J connectivity index is 1.58. The number of benzene rings is 1. The van der Waals surface area contributed by atoms with Crippen molar-refractivity contribution in [1.82, 2.24) is 10.2 Å². The van der Waals surface area contributed by atoms with Gasteiger partial charge in [-0.25, -0.2) is 4.79 Å². The number of carbonyl (C=O) groups excluding carboxylic acids is 1. The first-order valence-electron chi connectivity index (χ1n) is 9.20. The van der Waals surface area contributed by atoms with Crippen LogP contribution >= 0.6 is 0 Å². The maximum Gasteiger partial charge on any atom is 0.317 e. The molecule has 1 atom stereocenters. The lowest BCUT2D eigenvalue weighted by Gasteiger charge is -2.30. The zero-order valence-corrected chi connectivity index (χ0v) is 14.9. The Hall–Kier alpha value is -1.95. The Bertz CT molecular complexity index is 587. The molecule has 1 aliphatic heterocycles. The molecule has 1 saturated carbocycles. The average Bonchev–Trinajstić information content (AvgIpc) is 3.13. The summed E-state index contributed by atoms with van der Waals surface area (Å²) in [4.78, 5) is 13.9. The quantitative estimate of drug-likeness (QED) is 0.858. The van der Waals surface area contributed by atoms with Gasteiger partial charge in [0.1, 0.15) is 0 Å². The Morgan fingerprint density at radius 3 is 2.76 bits per heavy atom. The van der Waals surface area contributed by atoms with E-state index in [1.54, 1.807) is 12.0 Å². The lowest BCUT2D eigenvalue weighted by molar-refractivity contribution is 0.0842. The molecular weight excluding hydrogens is 320 g/mol. The second kappa shape index (κ2) is 8.43. The SMILES string of the molecule is COc1ccc(CNC(=O)N2CCC[C@H](O)C2)cc1OC1CCCC1. The smallest absolute Gasteiger partial charge is 0.317 e. The number of nitrogens with one attached hydrogen (secondary N) is 1. The lowest BCUT2D eigenvalue weighted by atomic mass is 10.1. The topological polar surface area (TPSA) is 71.0 Å². The molecule has 25 heavy (non-hydrogen) atoms. The Morgan fingerprint density at radius 1 is 1.24 bits per heavy atom. The predicted octanol–water partition coefficient (Wildman–Crippen LogP) is 2.68. The minimum absolute atomic E-state index is 0.132. The Labute approximate surface area is 149 Å². The number of hydrogen-bond donors (Lipinski definition) is 2. The Morgan fingerprint density at radius 2 is 2.04 bits per heavy atom. The minimum Gasteiger partial charge on any atom is -0.493 e. The fourth-order valence-electron chi connectivity index (χ4n) is 3.54. The van der Waals surface area contributed by atoms with E-state index < -0.39 is 6.10 Å². The van der Waals surface area contributed by atoms with Gasteiger partial charge in [0.05, 0.1) is 19.3 Å². The van der Waals surface area contributed by atoms with Crippen molar-refractivity contribution >= 4 is 6.03 Å². The van der Waals surface area contributed by atoms with Crippen LogP contribution in [0.4, 0.5) is 4.79 Å². The Kier molecular flexibility index (Phi) is 6.02. The van der Waals surface area contributed by atoms with Crippen LogP contribution in [0.25, 0.3) is 0 Å². The van der Waals surface area contributed by atoms with Crippen LogP contribution in [-0.2, 0) is 6.54 Å². The van der Waals surface area contributed by atoms with Crippen LogP contribution in [0.5, 0.6) is 11.5 Å². The highest BCUT2D eigenvalue weighted by molar-refractivity contribution is 5.74. The van der Waals surface area contributed by atoms with Gasteiger partial charge in [0.15, 0.2) is 11.5 Å². The zero-order valence-electron chi connectivity index (χ0n) is 14.9. The number of aliphatic hydroxyl groups excluding tert-OH is 1. The molecule has 2 fully saturated rings. The van der Waals surface area contributed by atoms with Crippen LogP contribution in [0.15, 0.2) is 18.2 Å².